The van der Waals surface area contributed by atoms with E-state index in [4.69, 9.17) is 4.74 Å². The van der Waals surface area contributed by atoms with Gasteiger partial charge in [0.25, 0.3) is 0 Å². The smallest absolute Gasteiger partial charge is 0.0839 e. The van der Waals surface area contributed by atoms with Gasteiger partial charge in [0, 0.05) is 6.61 Å². The molecule has 8 atom stereocenters. The second-order valence-electron chi connectivity index (χ2n) is 10.2. The van der Waals surface area contributed by atoms with Gasteiger partial charge in [0.05, 0.1) is 12.2 Å². The normalized spacial score (nSPS) is 54.0. The molecule has 0 bridgehead atoms. The zero-order chi connectivity index (χ0) is 16.9. The third kappa shape index (κ3) is 2.58. The highest BCUT2D eigenvalue weighted by Crippen LogP contribution is 2.66. The molecule has 1 N–H and O–H groups in total. The minimum Gasteiger partial charge on any atom is -0.390 e. The molecular weight excluding hydrogens is 296 g/mol. The van der Waals surface area contributed by atoms with E-state index < -0.39 is 0 Å². The van der Waals surface area contributed by atoms with E-state index in [9.17, 15) is 5.11 Å². The predicted octanol–water partition coefficient (Wildman–Crippen LogP) is 5.19. The summed E-state index contributed by atoms with van der Waals surface area (Å²) in [6, 6.07) is 0. The fourth-order valence-electron chi connectivity index (χ4n) is 7.69. The molecule has 24 heavy (non-hydrogen) atoms. The highest BCUT2D eigenvalue weighted by molar-refractivity contribution is 5.08. The van der Waals surface area contributed by atoms with Crippen LogP contribution in [0.4, 0.5) is 0 Å². The number of fused-ring (bicyclic) bond motifs is 5. The lowest BCUT2D eigenvalue weighted by Crippen LogP contribution is -2.56. The van der Waals surface area contributed by atoms with Crippen molar-refractivity contribution in [3.63, 3.8) is 0 Å². The van der Waals surface area contributed by atoms with Crippen LogP contribution in [0.5, 0.6) is 0 Å². The van der Waals surface area contributed by atoms with Gasteiger partial charge in [-0.25, -0.2) is 0 Å². The standard InChI is InChI=1S/C22H38O2/c1-4-12-24-20-14-22(3)15(13-19(20)23)7-8-16-17-6-5-10-21(17,2)11-9-18(16)22/h15-20,23H,4-14H2,1-3H3. The fraction of sp³-hybridized carbons (Fsp3) is 1.00. The largest absolute Gasteiger partial charge is 0.390 e. The highest BCUT2D eigenvalue weighted by atomic mass is 16.5. The minimum atomic E-state index is -0.230. The molecule has 0 aromatic rings. The minimum absolute atomic E-state index is 0.0850. The van der Waals surface area contributed by atoms with Crippen LogP contribution in [-0.4, -0.2) is 23.9 Å². The lowest BCUT2D eigenvalue weighted by Gasteiger charge is -2.61. The third-order valence-corrected chi connectivity index (χ3v) is 8.98. The van der Waals surface area contributed by atoms with Gasteiger partial charge in [0.2, 0.25) is 0 Å². The van der Waals surface area contributed by atoms with Crippen LogP contribution >= 0.6 is 0 Å². The van der Waals surface area contributed by atoms with E-state index in [-0.39, 0.29) is 12.2 Å². The van der Waals surface area contributed by atoms with Crippen molar-refractivity contribution >= 4 is 0 Å². The summed E-state index contributed by atoms with van der Waals surface area (Å²) in [7, 11) is 0. The van der Waals surface area contributed by atoms with Gasteiger partial charge >= 0.3 is 0 Å². The molecule has 4 rings (SSSR count). The van der Waals surface area contributed by atoms with Gasteiger partial charge in [-0.15, -0.1) is 0 Å². The monoisotopic (exact) mass is 334 g/mol. The number of ether oxygens (including phenoxy) is 1. The van der Waals surface area contributed by atoms with Gasteiger partial charge in [-0.05, 0) is 92.3 Å². The van der Waals surface area contributed by atoms with Crippen LogP contribution in [0.15, 0.2) is 0 Å². The molecule has 0 saturated heterocycles. The zero-order valence-corrected chi connectivity index (χ0v) is 16.1. The van der Waals surface area contributed by atoms with Crippen LogP contribution in [0.3, 0.4) is 0 Å². The van der Waals surface area contributed by atoms with Gasteiger partial charge < -0.3 is 9.84 Å². The Balaban J connectivity index is 1.56. The van der Waals surface area contributed by atoms with Gasteiger partial charge in [-0.3, -0.25) is 0 Å². The quantitative estimate of drug-likeness (QED) is 0.770. The average Bonchev–Trinajstić information content (AvgIpc) is 2.95. The Morgan fingerprint density at radius 1 is 1.04 bits per heavy atom. The topological polar surface area (TPSA) is 29.5 Å². The molecule has 2 nitrogen and oxygen atoms in total. The van der Waals surface area contributed by atoms with Crippen LogP contribution in [0, 0.1) is 34.5 Å². The van der Waals surface area contributed by atoms with E-state index >= 15 is 0 Å². The van der Waals surface area contributed by atoms with Crippen molar-refractivity contribution < 1.29 is 9.84 Å². The maximum Gasteiger partial charge on any atom is 0.0839 e. The first kappa shape index (κ1) is 17.3. The Bertz CT molecular complexity index is 463. The van der Waals surface area contributed by atoms with Crippen LogP contribution in [0.1, 0.15) is 85.0 Å². The first-order valence-corrected chi connectivity index (χ1v) is 10.8. The molecule has 0 heterocycles. The van der Waals surface area contributed by atoms with Crippen LogP contribution < -0.4 is 0 Å². The summed E-state index contributed by atoms with van der Waals surface area (Å²) < 4.78 is 6.09. The third-order valence-electron chi connectivity index (χ3n) is 8.98. The van der Waals surface area contributed by atoms with Crippen LogP contribution in [0.25, 0.3) is 0 Å². The summed E-state index contributed by atoms with van der Waals surface area (Å²) in [6.45, 7) is 8.13. The molecule has 0 aromatic heterocycles. The summed E-state index contributed by atoms with van der Waals surface area (Å²) in [6.07, 6.45) is 13.1. The second-order valence-corrected chi connectivity index (χ2v) is 10.2. The molecule has 4 aliphatic carbocycles. The van der Waals surface area contributed by atoms with E-state index in [0.717, 1.165) is 49.5 Å². The number of aliphatic hydroxyl groups is 1. The fourth-order valence-corrected chi connectivity index (χ4v) is 7.69. The molecule has 0 aromatic carbocycles. The van der Waals surface area contributed by atoms with Crippen molar-refractivity contribution in [2.45, 2.75) is 97.2 Å². The van der Waals surface area contributed by atoms with Gasteiger partial charge in [-0.1, -0.05) is 27.2 Å². The molecule has 4 aliphatic rings. The Hall–Kier alpha value is -0.0800. The second kappa shape index (κ2) is 6.27. The molecule has 8 unspecified atom stereocenters. The van der Waals surface area contributed by atoms with E-state index in [2.05, 4.69) is 20.8 Å². The van der Waals surface area contributed by atoms with Crippen molar-refractivity contribution in [1.29, 1.82) is 0 Å². The van der Waals surface area contributed by atoms with Crippen molar-refractivity contribution in [3.05, 3.63) is 0 Å². The Morgan fingerprint density at radius 2 is 1.88 bits per heavy atom. The van der Waals surface area contributed by atoms with Crippen LogP contribution in [-0.2, 0) is 4.74 Å². The Kier molecular flexibility index (Phi) is 4.53. The molecule has 2 heteroatoms. The summed E-state index contributed by atoms with van der Waals surface area (Å²) in [5, 5.41) is 10.6. The first-order chi connectivity index (χ1) is 11.5. The van der Waals surface area contributed by atoms with Crippen molar-refractivity contribution in [1.82, 2.24) is 0 Å². The number of rotatable bonds is 3. The number of hydrogen-bond acceptors (Lipinski definition) is 2. The molecule has 0 aliphatic heterocycles. The van der Waals surface area contributed by atoms with E-state index in [1.807, 2.05) is 0 Å². The van der Waals surface area contributed by atoms with E-state index in [0.29, 0.717) is 10.8 Å². The van der Waals surface area contributed by atoms with E-state index in [1.54, 1.807) is 0 Å². The van der Waals surface area contributed by atoms with Crippen molar-refractivity contribution in [3.8, 4) is 0 Å². The summed E-state index contributed by atoms with van der Waals surface area (Å²) in [5.74, 6) is 3.54. The molecule has 0 spiro atoms. The maximum absolute atomic E-state index is 10.6. The zero-order valence-electron chi connectivity index (χ0n) is 16.1. The van der Waals surface area contributed by atoms with Crippen molar-refractivity contribution in [2.24, 2.45) is 34.5 Å². The van der Waals surface area contributed by atoms with Crippen LogP contribution in [0.2, 0.25) is 0 Å². The molecular formula is C22H38O2. The lowest BCUT2D eigenvalue weighted by molar-refractivity contribution is -0.169. The Morgan fingerprint density at radius 3 is 2.67 bits per heavy atom. The van der Waals surface area contributed by atoms with Gasteiger partial charge in [0.15, 0.2) is 0 Å². The maximum atomic E-state index is 10.6. The van der Waals surface area contributed by atoms with Crippen molar-refractivity contribution in [2.75, 3.05) is 6.61 Å². The lowest BCUT2D eigenvalue weighted by atomic mass is 9.45. The number of hydrogen-bond donors (Lipinski definition) is 1. The molecule has 0 amide bonds. The SMILES string of the molecule is CCCOC1CC2(C)C(CCC3C4CCCC4(C)CCC32)CC1O. The van der Waals surface area contributed by atoms with Gasteiger partial charge in [0.1, 0.15) is 0 Å². The Labute approximate surface area is 148 Å². The summed E-state index contributed by atoms with van der Waals surface area (Å²) in [4.78, 5) is 0. The predicted molar refractivity (Wildman–Crippen MR) is 97.8 cm³/mol. The molecule has 138 valence electrons. The summed E-state index contributed by atoms with van der Waals surface area (Å²) >= 11 is 0. The highest BCUT2D eigenvalue weighted by Gasteiger charge is 2.59. The average molecular weight is 335 g/mol. The molecule has 0 radical (unpaired) electrons. The molecule has 4 saturated carbocycles. The molecule has 4 fully saturated rings. The van der Waals surface area contributed by atoms with E-state index in [1.165, 1.54) is 44.9 Å². The van der Waals surface area contributed by atoms with Gasteiger partial charge in [-0.2, -0.15) is 0 Å². The summed E-state index contributed by atoms with van der Waals surface area (Å²) in [5.41, 5.74) is 1.06. The first-order valence-electron chi connectivity index (χ1n) is 10.8. The number of aliphatic hydroxyl groups excluding tert-OH is 1.